The fraction of sp³-hybridized carbons (Fsp3) is 0.444. The summed E-state index contributed by atoms with van der Waals surface area (Å²) in [6.07, 6.45) is -20.9. The number of aliphatic hydroxyl groups is 2. The van der Waals surface area contributed by atoms with Crippen molar-refractivity contribution in [2.24, 2.45) is 0 Å². The van der Waals surface area contributed by atoms with Crippen LogP contribution in [0.5, 0.6) is 0 Å². The number of carbonyl (C=O) groups is 1. The van der Waals surface area contributed by atoms with Crippen LogP contribution in [0.3, 0.4) is 0 Å². The second kappa shape index (κ2) is 21.3. The van der Waals surface area contributed by atoms with Crippen LogP contribution < -0.4 is 0 Å². The van der Waals surface area contributed by atoms with E-state index in [0.717, 1.165) is 25.0 Å². The molecule has 7 rings (SSSR count). The van der Waals surface area contributed by atoms with Crippen molar-refractivity contribution in [3.63, 3.8) is 0 Å². The Kier molecular flexibility index (Phi) is 19.5. The van der Waals surface area contributed by atoms with Gasteiger partial charge in [0.15, 0.2) is 5.78 Å². The molecule has 0 saturated carbocycles. The Balaban J connectivity index is 0.000000376. The maximum absolute atomic E-state index is 12.4. The molecule has 3 aliphatic heterocycles. The van der Waals surface area contributed by atoms with Gasteiger partial charge in [0.2, 0.25) is 0 Å². The first-order chi connectivity index (χ1) is 25.3. The maximum atomic E-state index is 12.4. The minimum absolute atomic E-state index is 0. The number of nitrogens with zero attached hydrogens (tertiary/aromatic N) is 2. The molecule has 1 aliphatic carbocycles. The first kappa shape index (κ1) is 51.2. The minimum atomic E-state index is -4.93. The van der Waals surface area contributed by atoms with E-state index in [1.54, 1.807) is 0 Å². The van der Waals surface area contributed by atoms with E-state index in [1.165, 1.54) is 39.3 Å². The quantitative estimate of drug-likeness (QED) is 0.116. The van der Waals surface area contributed by atoms with E-state index in [0.29, 0.717) is 30.7 Å². The van der Waals surface area contributed by atoms with Crippen molar-refractivity contribution in [3.8, 4) is 0 Å². The van der Waals surface area contributed by atoms with Crippen LogP contribution in [-0.2, 0) is 48.4 Å². The molecule has 20 heteroatoms. The van der Waals surface area contributed by atoms with Crippen LogP contribution in [0.1, 0.15) is 75.3 Å². The Morgan fingerprint density at radius 3 is 1.34 bits per heavy atom. The molecule has 6 nitrogen and oxygen atoms in total. The standard InChI is InChI=1S/C10H8F6O.C10H6F6O.C9H10NO.C6H12N2.CH3.ClH.Ru/c2*1-5(17)6-2-7(9(11,12)13)4-8(3-6)10(14,15)16;10-9-7-4-2-1-3-6(7)5-8(9)11;1-2-8-5-3-7(1)4-6-8;;;/h2-5,17H,1H3;2-4H,1H3;1-4,8-11H,5H2;1-6H2;1H3;1H;/q;;-1;;-1;;+3/p-1/t5-;;8-,9+;;;;/m1.1..../s1. The van der Waals surface area contributed by atoms with Crippen molar-refractivity contribution in [3.05, 3.63) is 118 Å². The summed E-state index contributed by atoms with van der Waals surface area (Å²) in [5.74, 6) is -0.860. The molecule has 3 aromatic carbocycles. The van der Waals surface area contributed by atoms with Gasteiger partial charge in [-0.1, -0.05) is 35.9 Å². The normalized spacial score (nSPS) is 20.5. The van der Waals surface area contributed by atoms with E-state index < -0.39 is 82.1 Å². The number of Topliss-reactive ketones (excluding diaryl/α,β-unsaturated/α-hetero) is 1. The average molecular weight is 926 g/mol. The van der Waals surface area contributed by atoms with Gasteiger partial charge in [-0.15, -0.1) is 0 Å². The fourth-order valence-electron chi connectivity index (χ4n) is 5.47. The van der Waals surface area contributed by atoms with Gasteiger partial charge in [0, 0.05) is 50.9 Å². The number of alkyl halides is 12. The summed E-state index contributed by atoms with van der Waals surface area (Å²) in [6.45, 7) is 9.91. The first-order valence-corrected chi connectivity index (χ1v) is 18.3. The largest absolute Gasteiger partial charge is 0.669 e. The summed E-state index contributed by atoms with van der Waals surface area (Å²) in [5.41, 5.74) is 2.81. The smallest absolute Gasteiger partial charge is 0.0459 e. The average Bonchev–Trinajstić information content (AvgIpc) is 3.41. The Morgan fingerprint density at radius 1 is 0.714 bits per heavy atom. The van der Waals surface area contributed by atoms with E-state index in [9.17, 15) is 62.6 Å². The van der Waals surface area contributed by atoms with Gasteiger partial charge in [-0.2, -0.15) is 52.7 Å². The zero-order chi connectivity index (χ0) is 42.1. The number of aliphatic hydroxyl groups excluding tert-OH is 2. The van der Waals surface area contributed by atoms with Crippen LogP contribution in [0.4, 0.5) is 52.7 Å². The maximum Gasteiger partial charge on any atom is 0.0459 e. The number of halogens is 13. The molecule has 3 fully saturated rings. The van der Waals surface area contributed by atoms with Gasteiger partial charge in [-0.05, 0) is 67.8 Å². The third-order valence-corrected chi connectivity index (χ3v) is 8.49. The Bertz CT molecular complexity index is 1610. The molecule has 2 bridgehead atoms. The first-order valence-electron chi connectivity index (χ1n) is 16.1. The Morgan fingerprint density at radius 2 is 1.05 bits per heavy atom. The molecule has 56 heavy (non-hydrogen) atoms. The second-order valence-corrected chi connectivity index (χ2v) is 12.5. The number of rotatable bonds is 2. The molecule has 0 radical (unpaired) electrons. The minimum Gasteiger partial charge on any atom is -0.669 e. The molecule has 3 heterocycles. The van der Waals surface area contributed by atoms with Crippen molar-refractivity contribution < 1.29 is 85.0 Å². The van der Waals surface area contributed by atoms with Crippen LogP contribution in [0.2, 0.25) is 0 Å². The van der Waals surface area contributed by atoms with E-state index in [1.807, 2.05) is 41.6 Å². The Hall–Kier alpha value is -2.80. The summed E-state index contributed by atoms with van der Waals surface area (Å²) < 4.78 is 148. The number of fused-ring (bicyclic) bond motifs is 4. The molecule has 0 amide bonds. The van der Waals surface area contributed by atoms with Crippen molar-refractivity contribution in [1.29, 1.82) is 0 Å². The van der Waals surface area contributed by atoms with E-state index in [4.69, 9.17) is 10.8 Å². The Labute approximate surface area is 330 Å². The van der Waals surface area contributed by atoms with Crippen molar-refractivity contribution >= 4 is 15.5 Å². The van der Waals surface area contributed by atoms with E-state index in [2.05, 4.69) is 19.5 Å². The zero-order valence-corrected chi connectivity index (χ0v) is 32.4. The summed E-state index contributed by atoms with van der Waals surface area (Å²) >= 11 is 1.82. The molecular weight excluding hydrogens is 887 g/mol. The van der Waals surface area contributed by atoms with Gasteiger partial charge in [0.05, 0.1) is 28.4 Å². The summed E-state index contributed by atoms with van der Waals surface area (Å²) in [5, 5.41) is 18.4. The molecule has 315 valence electrons. The summed E-state index contributed by atoms with van der Waals surface area (Å²) in [4.78, 5) is 16.0. The number of ketones is 1. The van der Waals surface area contributed by atoms with Crippen molar-refractivity contribution in [1.82, 2.24) is 9.80 Å². The topological polar surface area (TPSA) is 87.8 Å². The molecular formula is C36H39ClF12N3O3Ru. The fourth-order valence-corrected chi connectivity index (χ4v) is 5.47. The van der Waals surface area contributed by atoms with Gasteiger partial charge in [0.1, 0.15) is 0 Å². The molecule has 3 aromatic rings. The predicted octanol–water partition coefficient (Wildman–Crippen LogP) is 10.2. The molecule has 0 spiro atoms. The molecule has 4 aliphatic rings. The number of hydrogen-bond acceptors (Lipinski definition) is 5. The predicted molar refractivity (Wildman–Crippen MR) is 182 cm³/mol. The summed E-state index contributed by atoms with van der Waals surface area (Å²) in [7, 11) is 4.57. The number of carbonyl (C=O) groups excluding carboxylic acids is 1. The van der Waals surface area contributed by atoms with Gasteiger partial charge in [-0.25, -0.2) is 0 Å². The number of benzene rings is 3. The monoisotopic (exact) mass is 926 g/mol. The second-order valence-electron chi connectivity index (χ2n) is 12.5. The van der Waals surface area contributed by atoms with Crippen LogP contribution in [-0.4, -0.2) is 71.2 Å². The molecule has 0 aromatic heterocycles. The molecule has 0 unspecified atom stereocenters. The van der Waals surface area contributed by atoms with E-state index in [-0.39, 0.29) is 19.6 Å². The van der Waals surface area contributed by atoms with Gasteiger partial charge in [-0.3, -0.25) is 14.6 Å². The van der Waals surface area contributed by atoms with Gasteiger partial charge in [0.25, 0.3) is 0 Å². The number of nitrogens with one attached hydrogen (secondary N) is 1. The van der Waals surface area contributed by atoms with Crippen LogP contribution in [0.25, 0.3) is 5.73 Å². The van der Waals surface area contributed by atoms with Crippen LogP contribution >= 0.6 is 9.69 Å². The van der Waals surface area contributed by atoms with Crippen molar-refractivity contribution in [2.45, 2.75) is 63.2 Å². The van der Waals surface area contributed by atoms with Crippen LogP contribution in [0, 0.1) is 7.43 Å². The van der Waals surface area contributed by atoms with Crippen LogP contribution in [0.15, 0.2) is 60.7 Å². The number of hydrogen-bond donors (Lipinski definition) is 2. The number of piperazine rings is 3. The molecule has 3 atom stereocenters. The molecule has 3 N–H and O–H groups in total. The SMILES string of the molecule is C1CN2CCN1CC2.CC(=O)c1cc(C(F)(F)F)cc(C(F)(F)F)c1.C[C@@H](O)c1cc(C(F)(F)F)cc(C(F)(F)F)c1.[CH3-].[Cl][Ru+2].[NH-][C@H]1c2ccccc2C[C@H]1O. The van der Waals surface area contributed by atoms with Gasteiger partial charge >= 0.3 is 51.7 Å². The third kappa shape index (κ3) is 15.5. The molecule has 3 saturated heterocycles. The van der Waals surface area contributed by atoms with Crippen molar-refractivity contribution in [2.75, 3.05) is 39.3 Å². The van der Waals surface area contributed by atoms with Gasteiger partial charge < -0.3 is 23.4 Å². The zero-order valence-electron chi connectivity index (χ0n) is 29.9. The third-order valence-electron chi connectivity index (χ3n) is 8.49. The summed E-state index contributed by atoms with van der Waals surface area (Å²) in [6, 6.07) is 9.14. The van der Waals surface area contributed by atoms with E-state index >= 15 is 0 Å².